The topological polar surface area (TPSA) is 58.7 Å². The highest BCUT2D eigenvalue weighted by Gasteiger charge is 2.31. The number of para-hydroxylation sites is 1. The quantitative estimate of drug-likeness (QED) is 0.473. The van der Waals surface area contributed by atoms with E-state index in [0.717, 1.165) is 28.1 Å². The lowest BCUT2D eigenvalue weighted by molar-refractivity contribution is -0.384. The maximum absolute atomic E-state index is 11.2. The van der Waals surface area contributed by atoms with Gasteiger partial charge in [0.25, 0.3) is 5.69 Å². The molecule has 1 aliphatic rings. The van der Waals surface area contributed by atoms with Crippen molar-refractivity contribution in [2.75, 3.05) is 5.01 Å². The molecule has 0 saturated carbocycles. The number of hydrogen-bond acceptors (Lipinski definition) is 4. The van der Waals surface area contributed by atoms with Gasteiger partial charge in [0.05, 0.1) is 22.4 Å². The van der Waals surface area contributed by atoms with E-state index in [4.69, 9.17) is 5.10 Å². The van der Waals surface area contributed by atoms with Crippen LogP contribution in [0.15, 0.2) is 84.0 Å². The number of aryl methyl sites for hydroxylation is 1. The molecule has 3 aromatic rings. The molecule has 0 N–H and O–H groups in total. The molecule has 1 atom stereocenters. The molecule has 0 aliphatic carbocycles. The Labute approximate surface area is 157 Å². The second-order valence-electron chi connectivity index (χ2n) is 6.62. The number of non-ortho nitro benzene ring substituents is 1. The van der Waals surface area contributed by atoms with Crippen LogP contribution in [-0.4, -0.2) is 10.6 Å². The van der Waals surface area contributed by atoms with Crippen molar-refractivity contribution in [2.24, 2.45) is 5.10 Å². The van der Waals surface area contributed by atoms with Gasteiger partial charge in [-0.3, -0.25) is 15.1 Å². The fourth-order valence-electron chi connectivity index (χ4n) is 3.46. The van der Waals surface area contributed by atoms with Gasteiger partial charge in [0, 0.05) is 18.6 Å². The van der Waals surface area contributed by atoms with Gasteiger partial charge in [0.2, 0.25) is 0 Å². The molecular weight excluding hydrogens is 338 g/mol. The van der Waals surface area contributed by atoms with E-state index < -0.39 is 0 Å². The smallest absolute Gasteiger partial charge is 0.258 e. The van der Waals surface area contributed by atoms with Crippen molar-refractivity contribution in [3.05, 3.63) is 106 Å². The lowest BCUT2D eigenvalue weighted by atomic mass is 9.97. The zero-order valence-electron chi connectivity index (χ0n) is 14.9. The van der Waals surface area contributed by atoms with Gasteiger partial charge in [-0.25, -0.2) is 0 Å². The van der Waals surface area contributed by atoms with Gasteiger partial charge in [0.1, 0.15) is 0 Å². The lowest BCUT2D eigenvalue weighted by Gasteiger charge is -2.25. The second kappa shape index (κ2) is 7.03. The van der Waals surface area contributed by atoms with Crippen LogP contribution in [0.2, 0.25) is 0 Å². The van der Waals surface area contributed by atoms with Crippen molar-refractivity contribution in [2.45, 2.75) is 19.4 Å². The van der Waals surface area contributed by atoms with Crippen LogP contribution in [0.3, 0.4) is 0 Å². The highest BCUT2D eigenvalue weighted by atomic mass is 16.6. The standard InChI is InChI=1S/C22H19N3O2/c1-16-8-5-6-13-21(16)24-22(18-11-7-12-19(14-18)25(26)27)15-20(23-24)17-9-3-2-4-10-17/h2-14,22H,15H2,1H3/t22-/m0/s1. The van der Waals surface area contributed by atoms with Crippen LogP contribution >= 0.6 is 0 Å². The van der Waals surface area contributed by atoms with Crippen LogP contribution in [0.4, 0.5) is 11.4 Å². The first-order chi connectivity index (χ1) is 13.1. The van der Waals surface area contributed by atoms with Crippen molar-refractivity contribution in [3.63, 3.8) is 0 Å². The van der Waals surface area contributed by atoms with E-state index in [2.05, 4.69) is 13.0 Å². The molecule has 27 heavy (non-hydrogen) atoms. The van der Waals surface area contributed by atoms with E-state index in [1.54, 1.807) is 12.1 Å². The van der Waals surface area contributed by atoms with E-state index in [1.807, 2.05) is 59.6 Å². The fourth-order valence-corrected chi connectivity index (χ4v) is 3.46. The van der Waals surface area contributed by atoms with E-state index in [9.17, 15) is 10.1 Å². The number of rotatable bonds is 4. The molecule has 1 aliphatic heterocycles. The molecule has 0 amide bonds. The summed E-state index contributed by atoms with van der Waals surface area (Å²) >= 11 is 0. The zero-order valence-corrected chi connectivity index (χ0v) is 14.9. The van der Waals surface area contributed by atoms with Crippen LogP contribution in [0.25, 0.3) is 0 Å². The molecule has 3 aromatic carbocycles. The first-order valence-electron chi connectivity index (χ1n) is 8.85. The monoisotopic (exact) mass is 357 g/mol. The highest BCUT2D eigenvalue weighted by molar-refractivity contribution is 6.03. The fraction of sp³-hybridized carbons (Fsp3) is 0.136. The predicted octanol–water partition coefficient (Wildman–Crippen LogP) is 5.26. The minimum Gasteiger partial charge on any atom is -0.258 e. The Morgan fingerprint density at radius 2 is 1.74 bits per heavy atom. The average Bonchev–Trinajstić information content (AvgIpc) is 3.14. The van der Waals surface area contributed by atoms with Crippen LogP contribution in [0.1, 0.15) is 29.2 Å². The Balaban J connectivity index is 1.79. The van der Waals surface area contributed by atoms with Gasteiger partial charge >= 0.3 is 0 Å². The SMILES string of the molecule is Cc1ccccc1N1N=C(c2ccccc2)C[C@H]1c1cccc([N+](=O)[O-])c1. The molecule has 0 spiro atoms. The van der Waals surface area contributed by atoms with E-state index in [0.29, 0.717) is 6.42 Å². The number of hydrazone groups is 1. The minimum absolute atomic E-state index is 0.0822. The first kappa shape index (κ1) is 17.0. The Morgan fingerprint density at radius 1 is 1.00 bits per heavy atom. The van der Waals surface area contributed by atoms with Crippen molar-refractivity contribution in [1.29, 1.82) is 0 Å². The van der Waals surface area contributed by atoms with Crippen molar-refractivity contribution < 1.29 is 4.92 Å². The zero-order chi connectivity index (χ0) is 18.8. The Kier molecular flexibility index (Phi) is 4.42. The predicted molar refractivity (Wildman–Crippen MR) is 107 cm³/mol. The number of benzene rings is 3. The summed E-state index contributed by atoms with van der Waals surface area (Å²) in [7, 11) is 0. The van der Waals surface area contributed by atoms with E-state index in [1.165, 1.54) is 6.07 Å². The molecule has 134 valence electrons. The summed E-state index contributed by atoms with van der Waals surface area (Å²) in [6.45, 7) is 2.05. The van der Waals surface area contributed by atoms with Gasteiger partial charge in [-0.05, 0) is 29.7 Å². The maximum Gasteiger partial charge on any atom is 0.269 e. The summed E-state index contributed by atoms with van der Waals surface area (Å²) in [4.78, 5) is 10.9. The normalized spacial score (nSPS) is 16.3. The first-order valence-corrected chi connectivity index (χ1v) is 8.85. The molecule has 5 heteroatoms. The van der Waals surface area contributed by atoms with Gasteiger partial charge in [-0.15, -0.1) is 0 Å². The molecule has 1 heterocycles. The summed E-state index contributed by atoms with van der Waals surface area (Å²) in [6, 6.07) is 24.9. The van der Waals surface area contributed by atoms with Crippen molar-refractivity contribution in [1.82, 2.24) is 0 Å². The molecule has 4 rings (SSSR count). The number of nitrogens with zero attached hydrogens (tertiary/aromatic N) is 3. The number of hydrogen-bond donors (Lipinski definition) is 0. The third-order valence-electron chi connectivity index (χ3n) is 4.85. The number of anilines is 1. The summed E-state index contributed by atoms with van der Waals surface area (Å²) in [5.41, 5.74) is 5.18. The summed E-state index contributed by atoms with van der Waals surface area (Å²) in [5.74, 6) is 0. The van der Waals surface area contributed by atoms with E-state index >= 15 is 0 Å². The van der Waals surface area contributed by atoms with Crippen LogP contribution < -0.4 is 5.01 Å². The number of nitro benzene ring substituents is 1. The molecule has 0 unspecified atom stereocenters. The van der Waals surface area contributed by atoms with Crippen molar-refractivity contribution in [3.8, 4) is 0 Å². The molecule has 0 bridgehead atoms. The number of nitro groups is 1. The Bertz CT molecular complexity index is 1010. The molecular formula is C22H19N3O2. The van der Waals surface area contributed by atoms with Gasteiger partial charge in [-0.2, -0.15) is 5.10 Å². The molecule has 0 aromatic heterocycles. The maximum atomic E-state index is 11.2. The Morgan fingerprint density at radius 3 is 2.48 bits per heavy atom. The van der Waals surface area contributed by atoms with Crippen molar-refractivity contribution >= 4 is 17.1 Å². The summed E-state index contributed by atoms with van der Waals surface area (Å²) in [5, 5.41) is 18.1. The lowest BCUT2D eigenvalue weighted by Crippen LogP contribution is -2.19. The largest absolute Gasteiger partial charge is 0.269 e. The third-order valence-corrected chi connectivity index (χ3v) is 4.85. The third kappa shape index (κ3) is 3.31. The van der Waals surface area contributed by atoms with Crippen LogP contribution in [-0.2, 0) is 0 Å². The van der Waals surface area contributed by atoms with Gasteiger partial charge < -0.3 is 0 Å². The molecule has 5 nitrogen and oxygen atoms in total. The van der Waals surface area contributed by atoms with Gasteiger partial charge in [0.15, 0.2) is 0 Å². The second-order valence-corrected chi connectivity index (χ2v) is 6.62. The average molecular weight is 357 g/mol. The minimum atomic E-state index is -0.352. The Hall–Kier alpha value is -3.47. The van der Waals surface area contributed by atoms with Gasteiger partial charge in [-0.1, -0.05) is 60.7 Å². The highest BCUT2D eigenvalue weighted by Crippen LogP contribution is 2.38. The van der Waals surface area contributed by atoms with Crippen LogP contribution in [0.5, 0.6) is 0 Å². The summed E-state index contributed by atoms with van der Waals surface area (Å²) in [6.07, 6.45) is 0.694. The van der Waals surface area contributed by atoms with E-state index in [-0.39, 0.29) is 16.7 Å². The summed E-state index contributed by atoms with van der Waals surface area (Å²) < 4.78 is 0. The van der Waals surface area contributed by atoms with Crippen LogP contribution in [0, 0.1) is 17.0 Å². The molecule has 0 saturated heterocycles. The molecule has 0 radical (unpaired) electrons. The molecule has 0 fully saturated rings.